The Morgan fingerprint density at radius 2 is 2.04 bits per heavy atom. The van der Waals surface area contributed by atoms with E-state index >= 15 is 0 Å². The van der Waals surface area contributed by atoms with Crippen molar-refractivity contribution in [3.63, 3.8) is 0 Å². The standard InChI is InChI=1S/C19H19BrN4OS/c20-18-5-4-17(26-18)16-6-7-21-19(23-16)22-15-3-1-2-14(12-15)13-24-8-10-25-11-9-24/h1-7,12H,8-11,13H2,(H,21,22,23). The van der Waals surface area contributed by atoms with Crippen molar-refractivity contribution in [3.05, 3.63) is 58.0 Å². The number of benzene rings is 1. The zero-order valence-corrected chi connectivity index (χ0v) is 16.6. The lowest BCUT2D eigenvalue weighted by Crippen LogP contribution is -2.35. The third kappa shape index (κ3) is 4.48. The van der Waals surface area contributed by atoms with E-state index in [2.05, 4.69) is 60.4 Å². The third-order valence-electron chi connectivity index (χ3n) is 4.17. The zero-order chi connectivity index (χ0) is 17.8. The van der Waals surface area contributed by atoms with E-state index in [4.69, 9.17) is 4.74 Å². The molecule has 4 rings (SSSR count). The van der Waals surface area contributed by atoms with Crippen LogP contribution in [0, 0.1) is 0 Å². The molecule has 0 amide bonds. The van der Waals surface area contributed by atoms with Crippen molar-refractivity contribution < 1.29 is 4.74 Å². The number of hydrogen-bond acceptors (Lipinski definition) is 6. The van der Waals surface area contributed by atoms with Crippen molar-refractivity contribution >= 4 is 38.9 Å². The Bertz CT molecular complexity index is 879. The molecule has 5 nitrogen and oxygen atoms in total. The van der Waals surface area contributed by atoms with Crippen molar-refractivity contribution in [1.82, 2.24) is 14.9 Å². The van der Waals surface area contributed by atoms with Gasteiger partial charge in [-0.15, -0.1) is 11.3 Å². The summed E-state index contributed by atoms with van der Waals surface area (Å²) < 4.78 is 6.51. The summed E-state index contributed by atoms with van der Waals surface area (Å²) >= 11 is 5.16. The minimum absolute atomic E-state index is 0.607. The molecule has 1 N–H and O–H groups in total. The highest BCUT2D eigenvalue weighted by atomic mass is 79.9. The van der Waals surface area contributed by atoms with Gasteiger partial charge in [-0.2, -0.15) is 0 Å². The maximum absolute atomic E-state index is 5.42. The predicted molar refractivity (Wildman–Crippen MR) is 109 cm³/mol. The van der Waals surface area contributed by atoms with Crippen LogP contribution in [0.15, 0.2) is 52.4 Å². The largest absolute Gasteiger partial charge is 0.379 e. The summed E-state index contributed by atoms with van der Waals surface area (Å²) in [5.74, 6) is 0.607. The van der Waals surface area contributed by atoms with Crippen molar-refractivity contribution in [1.29, 1.82) is 0 Å². The number of aromatic nitrogens is 2. The maximum Gasteiger partial charge on any atom is 0.227 e. The number of ether oxygens (including phenoxy) is 1. The first-order valence-electron chi connectivity index (χ1n) is 8.51. The summed E-state index contributed by atoms with van der Waals surface area (Å²) in [4.78, 5) is 12.5. The third-order valence-corrected chi connectivity index (χ3v) is 5.82. The van der Waals surface area contributed by atoms with E-state index in [0.717, 1.165) is 52.9 Å². The number of halogens is 1. The fourth-order valence-corrected chi connectivity index (χ4v) is 4.26. The molecule has 0 bridgehead atoms. The number of nitrogens with zero attached hydrogens (tertiary/aromatic N) is 3. The summed E-state index contributed by atoms with van der Waals surface area (Å²) in [5, 5.41) is 3.33. The molecule has 0 atom stereocenters. The minimum Gasteiger partial charge on any atom is -0.379 e. The average Bonchev–Trinajstić information content (AvgIpc) is 3.10. The van der Waals surface area contributed by atoms with Crippen LogP contribution < -0.4 is 5.32 Å². The van der Waals surface area contributed by atoms with Crippen LogP contribution in [-0.2, 0) is 11.3 Å². The van der Waals surface area contributed by atoms with Gasteiger partial charge in [-0.05, 0) is 51.8 Å². The number of morpholine rings is 1. The molecule has 1 aliphatic rings. The Morgan fingerprint density at radius 3 is 2.85 bits per heavy atom. The average molecular weight is 431 g/mol. The molecular weight excluding hydrogens is 412 g/mol. The first-order valence-corrected chi connectivity index (χ1v) is 10.1. The zero-order valence-electron chi connectivity index (χ0n) is 14.2. The molecule has 1 aromatic carbocycles. The number of nitrogens with one attached hydrogen (secondary N) is 1. The molecule has 134 valence electrons. The second-order valence-electron chi connectivity index (χ2n) is 6.08. The van der Waals surface area contributed by atoms with E-state index in [-0.39, 0.29) is 0 Å². The quantitative estimate of drug-likeness (QED) is 0.643. The van der Waals surface area contributed by atoms with Gasteiger partial charge in [-0.25, -0.2) is 9.97 Å². The van der Waals surface area contributed by atoms with E-state index in [1.165, 1.54) is 5.56 Å². The van der Waals surface area contributed by atoms with Gasteiger partial charge in [0.2, 0.25) is 5.95 Å². The van der Waals surface area contributed by atoms with Gasteiger partial charge in [-0.3, -0.25) is 4.90 Å². The Balaban J connectivity index is 1.48. The van der Waals surface area contributed by atoms with Gasteiger partial charge in [0.05, 0.1) is 27.6 Å². The topological polar surface area (TPSA) is 50.3 Å². The second kappa shape index (κ2) is 8.26. The van der Waals surface area contributed by atoms with Crippen LogP contribution in [0.25, 0.3) is 10.6 Å². The second-order valence-corrected chi connectivity index (χ2v) is 8.55. The Labute approximate surface area is 165 Å². The van der Waals surface area contributed by atoms with Gasteiger partial charge in [0, 0.05) is 31.5 Å². The molecule has 3 aromatic rings. The fourth-order valence-electron chi connectivity index (χ4n) is 2.90. The van der Waals surface area contributed by atoms with Crippen molar-refractivity contribution in [2.24, 2.45) is 0 Å². The first-order chi connectivity index (χ1) is 12.8. The SMILES string of the molecule is Brc1ccc(-c2ccnc(Nc3cccc(CN4CCOCC4)c3)n2)s1. The monoisotopic (exact) mass is 430 g/mol. The van der Waals surface area contributed by atoms with Crippen LogP contribution in [0.4, 0.5) is 11.6 Å². The van der Waals surface area contributed by atoms with E-state index in [9.17, 15) is 0 Å². The molecule has 1 saturated heterocycles. The van der Waals surface area contributed by atoms with E-state index in [0.29, 0.717) is 5.95 Å². The molecule has 0 spiro atoms. The summed E-state index contributed by atoms with van der Waals surface area (Å²) in [7, 11) is 0. The fraction of sp³-hybridized carbons (Fsp3) is 0.263. The van der Waals surface area contributed by atoms with Gasteiger partial charge in [0.15, 0.2) is 0 Å². The van der Waals surface area contributed by atoms with Gasteiger partial charge < -0.3 is 10.1 Å². The molecule has 0 aliphatic carbocycles. The van der Waals surface area contributed by atoms with Crippen LogP contribution in [0.1, 0.15) is 5.56 Å². The molecule has 1 aliphatic heterocycles. The molecule has 0 radical (unpaired) electrons. The molecule has 3 heterocycles. The Kier molecular flexibility index (Phi) is 5.59. The molecular formula is C19H19BrN4OS. The highest BCUT2D eigenvalue weighted by Gasteiger charge is 2.11. The maximum atomic E-state index is 5.42. The van der Waals surface area contributed by atoms with Crippen LogP contribution in [0.5, 0.6) is 0 Å². The summed E-state index contributed by atoms with van der Waals surface area (Å²) in [6.07, 6.45) is 1.79. The van der Waals surface area contributed by atoms with Crippen LogP contribution >= 0.6 is 27.3 Å². The summed E-state index contributed by atoms with van der Waals surface area (Å²) in [6, 6.07) is 14.4. The number of hydrogen-bond donors (Lipinski definition) is 1. The first kappa shape index (κ1) is 17.6. The molecule has 2 aromatic heterocycles. The van der Waals surface area contributed by atoms with Gasteiger partial charge in [-0.1, -0.05) is 12.1 Å². The Hall–Kier alpha value is -1.80. The van der Waals surface area contributed by atoms with Gasteiger partial charge in [0.25, 0.3) is 0 Å². The minimum atomic E-state index is 0.607. The van der Waals surface area contributed by atoms with Crippen molar-refractivity contribution in [3.8, 4) is 10.6 Å². The van der Waals surface area contributed by atoms with E-state index in [1.807, 2.05) is 18.2 Å². The van der Waals surface area contributed by atoms with Crippen LogP contribution in [-0.4, -0.2) is 41.2 Å². The molecule has 26 heavy (non-hydrogen) atoms. The summed E-state index contributed by atoms with van der Waals surface area (Å²) in [5.41, 5.74) is 3.19. The normalized spacial score (nSPS) is 15.1. The van der Waals surface area contributed by atoms with Gasteiger partial charge in [0.1, 0.15) is 0 Å². The lowest BCUT2D eigenvalue weighted by atomic mass is 10.2. The Morgan fingerprint density at radius 1 is 1.15 bits per heavy atom. The molecule has 0 saturated carbocycles. The van der Waals surface area contributed by atoms with Crippen molar-refractivity contribution in [2.45, 2.75) is 6.54 Å². The lowest BCUT2D eigenvalue weighted by Gasteiger charge is -2.26. The van der Waals surface area contributed by atoms with Crippen molar-refractivity contribution in [2.75, 3.05) is 31.6 Å². The van der Waals surface area contributed by atoms with Crippen LogP contribution in [0.3, 0.4) is 0 Å². The van der Waals surface area contributed by atoms with Gasteiger partial charge >= 0.3 is 0 Å². The number of anilines is 2. The predicted octanol–water partition coefficient (Wildman–Crippen LogP) is 4.54. The lowest BCUT2D eigenvalue weighted by molar-refractivity contribution is 0.0342. The molecule has 7 heteroatoms. The molecule has 1 fully saturated rings. The van der Waals surface area contributed by atoms with E-state index in [1.54, 1.807) is 17.5 Å². The number of rotatable bonds is 5. The summed E-state index contributed by atoms with van der Waals surface area (Å²) in [6.45, 7) is 4.54. The highest BCUT2D eigenvalue weighted by Crippen LogP contribution is 2.30. The molecule has 0 unspecified atom stereocenters. The van der Waals surface area contributed by atoms with E-state index < -0.39 is 0 Å². The highest BCUT2D eigenvalue weighted by molar-refractivity contribution is 9.11. The smallest absolute Gasteiger partial charge is 0.227 e. The number of thiophene rings is 1. The van der Waals surface area contributed by atoms with Crippen LogP contribution in [0.2, 0.25) is 0 Å².